The van der Waals surface area contributed by atoms with Gasteiger partial charge >= 0.3 is 0 Å². The van der Waals surface area contributed by atoms with E-state index in [0.717, 1.165) is 36.4 Å². The highest BCUT2D eigenvalue weighted by Gasteiger charge is 2.19. The molecule has 0 saturated carbocycles. The highest BCUT2D eigenvalue weighted by Crippen LogP contribution is 2.33. The van der Waals surface area contributed by atoms with Crippen LogP contribution in [-0.4, -0.2) is 29.6 Å². The number of rotatable bonds is 1. The molecule has 0 atom stereocenters. The van der Waals surface area contributed by atoms with Gasteiger partial charge in [0.15, 0.2) is 5.82 Å². The Morgan fingerprint density at radius 3 is 3.11 bits per heavy atom. The molecule has 0 spiro atoms. The van der Waals surface area contributed by atoms with Gasteiger partial charge in [-0.1, -0.05) is 0 Å². The molecule has 1 aromatic carbocycles. The first-order valence-electron chi connectivity index (χ1n) is 6.43. The van der Waals surface area contributed by atoms with Gasteiger partial charge in [-0.15, -0.1) is 0 Å². The predicted octanol–water partition coefficient (Wildman–Crippen LogP) is 2.90. The third-order valence-corrected chi connectivity index (χ3v) is 4.44. The van der Waals surface area contributed by atoms with Gasteiger partial charge in [-0.3, -0.25) is 4.98 Å². The molecule has 1 aromatic heterocycles. The summed E-state index contributed by atoms with van der Waals surface area (Å²) in [6.07, 6.45) is 2.76. The SMILES string of the molecule is Nc1cc(F)c(N2CCCSCC2)c2ncccc12. The summed E-state index contributed by atoms with van der Waals surface area (Å²) in [5.74, 6) is 1.90. The number of hydrogen-bond donors (Lipinski definition) is 1. The van der Waals surface area contributed by atoms with Gasteiger partial charge in [0.25, 0.3) is 0 Å². The topological polar surface area (TPSA) is 42.1 Å². The van der Waals surface area contributed by atoms with Crippen LogP contribution in [-0.2, 0) is 0 Å². The van der Waals surface area contributed by atoms with Crippen LogP contribution in [0.25, 0.3) is 10.9 Å². The number of fused-ring (bicyclic) bond motifs is 1. The van der Waals surface area contributed by atoms with Crippen molar-refractivity contribution in [1.29, 1.82) is 0 Å². The number of benzene rings is 1. The van der Waals surface area contributed by atoms with Crippen LogP contribution in [0.5, 0.6) is 0 Å². The minimum atomic E-state index is -0.268. The zero-order valence-corrected chi connectivity index (χ0v) is 11.4. The van der Waals surface area contributed by atoms with Crippen molar-refractivity contribution in [2.75, 3.05) is 35.2 Å². The lowest BCUT2D eigenvalue weighted by molar-refractivity contribution is 0.621. The maximum absolute atomic E-state index is 14.3. The van der Waals surface area contributed by atoms with Crippen molar-refractivity contribution in [2.45, 2.75) is 6.42 Å². The van der Waals surface area contributed by atoms with E-state index in [-0.39, 0.29) is 5.82 Å². The number of anilines is 2. The van der Waals surface area contributed by atoms with Gasteiger partial charge < -0.3 is 10.6 Å². The molecule has 3 rings (SSSR count). The number of hydrogen-bond acceptors (Lipinski definition) is 4. The Hall–Kier alpha value is -1.49. The van der Waals surface area contributed by atoms with E-state index in [4.69, 9.17) is 5.73 Å². The molecule has 1 aliphatic rings. The summed E-state index contributed by atoms with van der Waals surface area (Å²) in [6.45, 7) is 1.73. The second-order valence-corrected chi connectivity index (χ2v) is 5.87. The molecule has 5 heteroatoms. The minimum Gasteiger partial charge on any atom is -0.398 e. The Labute approximate surface area is 116 Å². The molecule has 1 fully saturated rings. The van der Waals surface area contributed by atoms with Crippen molar-refractivity contribution in [3.63, 3.8) is 0 Å². The number of thioether (sulfide) groups is 1. The van der Waals surface area contributed by atoms with Crippen LogP contribution in [0.1, 0.15) is 6.42 Å². The third-order valence-electron chi connectivity index (χ3n) is 3.39. The summed E-state index contributed by atoms with van der Waals surface area (Å²) in [5.41, 5.74) is 7.61. The Morgan fingerprint density at radius 1 is 1.32 bits per heavy atom. The molecule has 19 heavy (non-hydrogen) atoms. The maximum atomic E-state index is 14.3. The van der Waals surface area contributed by atoms with Gasteiger partial charge in [0, 0.05) is 36.1 Å². The lowest BCUT2D eigenvalue weighted by atomic mass is 10.1. The van der Waals surface area contributed by atoms with Crippen LogP contribution in [0.2, 0.25) is 0 Å². The smallest absolute Gasteiger partial charge is 0.150 e. The molecule has 0 radical (unpaired) electrons. The van der Waals surface area contributed by atoms with Crippen LogP contribution in [0.15, 0.2) is 24.4 Å². The molecular weight excluding hydrogens is 261 g/mol. The van der Waals surface area contributed by atoms with Gasteiger partial charge in [0.1, 0.15) is 0 Å². The van der Waals surface area contributed by atoms with Crippen molar-refractivity contribution in [2.24, 2.45) is 0 Å². The lowest BCUT2D eigenvalue weighted by Crippen LogP contribution is -2.27. The number of nitrogens with zero attached hydrogens (tertiary/aromatic N) is 2. The number of pyridine rings is 1. The van der Waals surface area contributed by atoms with Crippen molar-refractivity contribution in [1.82, 2.24) is 4.98 Å². The summed E-state index contributed by atoms with van der Waals surface area (Å²) >= 11 is 1.92. The number of halogens is 1. The Balaban J connectivity index is 2.16. The van der Waals surface area contributed by atoms with Crippen molar-refractivity contribution in [3.05, 3.63) is 30.2 Å². The summed E-state index contributed by atoms with van der Waals surface area (Å²) in [5, 5.41) is 0.829. The Morgan fingerprint density at radius 2 is 2.21 bits per heavy atom. The number of aromatic nitrogens is 1. The quantitative estimate of drug-likeness (QED) is 0.814. The minimum absolute atomic E-state index is 0.268. The van der Waals surface area contributed by atoms with E-state index in [1.54, 1.807) is 6.20 Å². The Bertz CT molecular complexity index is 595. The predicted molar refractivity (Wildman–Crippen MR) is 80.3 cm³/mol. The largest absolute Gasteiger partial charge is 0.398 e. The van der Waals surface area contributed by atoms with Crippen LogP contribution in [0.3, 0.4) is 0 Å². The molecular formula is C14H16FN3S. The van der Waals surface area contributed by atoms with Gasteiger partial charge in [-0.2, -0.15) is 11.8 Å². The molecule has 0 aliphatic carbocycles. The molecule has 2 N–H and O–H groups in total. The van der Waals surface area contributed by atoms with Crippen LogP contribution >= 0.6 is 11.8 Å². The molecule has 0 amide bonds. The molecule has 0 bridgehead atoms. The van der Waals surface area contributed by atoms with E-state index in [2.05, 4.69) is 9.88 Å². The molecule has 1 aliphatic heterocycles. The Kier molecular flexibility index (Phi) is 3.46. The molecule has 2 heterocycles. The molecule has 0 unspecified atom stereocenters. The van der Waals surface area contributed by atoms with Crippen LogP contribution in [0.4, 0.5) is 15.8 Å². The van der Waals surface area contributed by atoms with Crippen molar-refractivity contribution in [3.8, 4) is 0 Å². The first-order valence-corrected chi connectivity index (χ1v) is 7.58. The zero-order chi connectivity index (χ0) is 13.2. The highest BCUT2D eigenvalue weighted by atomic mass is 32.2. The van der Waals surface area contributed by atoms with E-state index in [1.165, 1.54) is 6.07 Å². The van der Waals surface area contributed by atoms with E-state index in [1.807, 2.05) is 23.9 Å². The van der Waals surface area contributed by atoms with Gasteiger partial charge in [0.05, 0.1) is 11.2 Å². The first kappa shape index (κ1) is 12.5. The summed E-state index contributed by atoms with van der Waals surface area (Å²) < 4.78 is 14.3. The average molecular weight is 277 g/mol. The van der Waals surface area contributed by atoms with Crippen molar-refractivity contribution >= 4 is 34.0 Å². The monoisotopic (exact) mass is 277 g/mol. The van der Waals surface area contributed by atoms with Gasteiger partial charge in [0.2, 0.25) is 0 Å². The van der Waals surface area contributed by atoms with E-state index >= 15 is 0 Å². The van der Waals surface area contributed by atoms with E-state index in [0.29, 0.717) is 16.9 Å². The third kappa shape index (κ3) is 2.34. The van der Waals surface area contributed by atoms with E-state index in [9.17, 15) is 4.39 Å². The van der Waals surface area contributed by atoms with Crippen molar-refractivity contribution < 1.29 is 4.39 Å². The second-order valence-electron chi connectivity index (χ2n) is 4.65. The fraction of sp³-hybridized carbons (Fsp3) is 0.357. The second kappa shape index (κ2) is 5.25. The molecule has 3 nitrogen and oxygen atoms in total. The maximum Gasteiger partial charge on any atom is 0.150 e. The molecule has 100 valence electrons. The molecule has 1 saturated heterocycles. The first-order chi connectivity index (χ1) is 9.27. The van der Waals surface area contributed by atoms with Crippen LogP contribution < -0.4 is 10.6 Å². The molecule has 2 aromatic rings. The zero-order valence-electron chi connectivity index (χ0n) is 10.6. The lowest BCUT2D eigenvalue weighted by Gasteiger charge is -2.24. The van der Waals surface area contributed by atoms with Gasteiger partial charge in [-0.05, 0) is 30.4 Å². The summed E-state index contributed by atoms with van der Waals surface area (Å²) in [7, 11) is 0. The highest BCUT2D eigenvalue weighted by molar-refractivity contribution is 7.99. The van der Waals surface area contributed by atoms with Crippen LogP contribution in [0, 0.1) is 5.82 Å². The number of nitrogen functional groups attached to an aromatic ring is 1. The summed E-state index contributed by atoms with van der Waals surface area (Å²) in [4.78, 5) is 6.44. The fourth-order valence-electron chi connectivity index (χ4n) is 2.49. The normalized spacial score (nSPS) is 16.6. The fourth-order valence-corrected chi connectivity index (χ4v) is 3.38. The van der Waals surface area contributed by atoms with E-state index < -0.39 is 0 Å². The number of nitrogens with two attached hydrogens (primary N) is 1. The summed E-state index contributed by atoms with van der Waals surface area (Å²) in [6, 6.07) is 5.14. The average Bonchev–Trinajstić information content (AvgIpc) is 2.68. The standard InChI is InChI=1S/C14H16FN3S/c15-11-9-12(16)10-3-1-4-17-13(10)14(11)18-5-2-7-19-8-6-18/h1,3-4,9H,2,5-8,16H2. The van der Waals surface area contributed by atoms with Gasteiger partial charge in [-0.25, -0.2) is 4.39 Å².